The molecule has 2 rings (SSSR count). The third-order valence-corrected chi connectivity index (χ3v) is 3.21. The third-order valence-electron chi connectivity index (χ3n) is 1.83. The minimum absolute atomic E-state index is 0.0749. The van der Waals surface area contributed by atoms with Crippen LogP contribution < -0.4 is 0 Å². The molecule has 0 N–H and O–H groups in total. The Morgan fingerprint density at radius 1 is 1.61 bits per heavy atom. The summed E-state index contributed by atoms with van der Waals surface area (Å²) in [5.74, 6) is -0.446. The topological polar surface area (TPSA) is 95.7 Å². The Hall–Kier alpha value is -1.74. The van der Waals surface area contributed by atoms with Crippen molar-refractivity contribution in [3.63, 3.8) is 0 Å². The molecule has 0 radical (unpaired) electrons. The molecule has 8 nitrogen and oxygen atoms in total. The zero-order valence-electron chi connectivity index (χ0n) is 9.15. The number of tetrazole rings is 1. The number of methoxy groups -OCH3 is 1. The number of carbonyl (C=O) groups excluding carboxylic acids is 1. The molecule has 0 amide bonds. The number of aromatic nitrogens is 6. The molecule has 0 bridgehead atoms. The average molecular weight is 287 g/mol. The van der Waals surface area contributed by atoms with Gasteiger partial charge >= 0.3 is 5.97 Å². The van der Waals surface area contributed by atoms with Crippen molar-refractivity contribution in [3.8, 4) is 0 Å². The predicted octanol–water partition coefficient (Wildman–Crippen LogP) is 0.441. The first-order chi connectivity index (χ1) is 8.70. The second-order valence-corrected chi connectivity index (χ2v) is 4.34. The van der Waals surface area contributed by atoms with E-state index >= 15 is 0 Å². The van der Waals surface area contributed by atoms with Crippen LogP contribution in [0.4, 0.5) is 0 Å². The van der Waals surface area contributed by atoms with Crippen LogP contribution in [0.25, 0.3) is 0 Å². The molecule has 94 valence electrons. The van der Waals surface area contributed by atoms with Crippen LogP contribution in [0.15, 0.2) is 22.7 Å². The van der Waals surface area contributed by atoms with Crippen molar-refractivity contribution >= 4 is 29.3 Å². The number of rotatable bonds is 4. The van der Waals surface area contributed by atoms with Crippen LogP contribution in [0.1, 0.15) is 0 Å². The predicted molar refractivity (Wildman–Crippen MR) is 61.0 cm³/mol. The Kier molecular flexibility index (Phi) is 4.05. The molecule has 0 unspecified atom stereocenters. The van der Waals surface area contributed by atoms with E-state index in [-0.39, 0.29) is 6.54 Å². The fraction of sp³-hybridized carbons (Fsp3) is 0.250. The van der Waals surface area contributed by atoms with Crippen LogP contribution in [-0.2, 0) is 16.1 Å². The van der Waals surface area contributed by atoms with E-state index in [1.54, 1.807) is 0 Å². The van der Waals surface area contributed by atoms with E-state index < -0.39 is 5.97 Å². The second-order valence-electron chi connectivity index (χ2n) is 2.97. The first-order valence-electron chi connectivity index (χ1n) is 4.67. The van der Waals surface area contributed by atoms with Crippen molar-refractivity contribution in [1.29, 1.82) is 0 Å². The van der Waals surface area contributed by atoms with Gasteiger partial charge in [0.1, 0.15) is 17.9 Å². The maximum Gasteiger partial charge on any atom is 0.327 e. The summed E-state index contributed by atoms with van der Waals surface area (Å²) in [6, 6.07) is 0. The van der Waals surface area contributed by atoms with E-state index in [1.807, 2.05) is 0 Å². The van der Waals surface area contributed by atoms with Gasteiger partial charge in [-0.15, -0.1) is 5.10 Å². The first-order valence-corrected chi connectivity index (χ1v) is 5.86. The van der Waals surface area contributed by atoms with Crippen LogP contribution in [0.2, 0.25) is 5.02 Å². The van der Waals surface area contributed by atoms with Gasteiger partial charge in [-0.2, -0.15) is 0 Å². The van der Waals surface area contributed by atoms with E-state index in [4.69, 9.17) is 11.6 Å². The minimum atomic E-state index is -0.446. The second kappa shape index (κ2) is 5.74. The number of nitrogens with zero attached hydrogens (tertiary/aromatic N) is 6. The molecule has 2 aromatic rings. The third kappa shape index (κ3) is 2.93. The van der Waals surface area contributed by atoms with Crippen molar-refractivity contribution < 1.29 is 9.53 Å². The van der Waals surface area contributed by atoms with E-state index in [2.05, 4.69) is 30.2 Å². The molecule has 0 saturated carbocycles. The largest absolute Gasteiger partial charge is 0.468 e. The maximum atomic E-state index is 11.2. The van der Waals surface area contributed by atoms with Gasteiger partial charge in [-0.3, -0.25) is 4.79 Å². The fourth-order valence-corrected chi connectivity index (χ4v) is 1.95. The van der Waals surface area contributed by atoms with Gasteiger partial charge in [0.2, 0.25) is 5.16 Å². The highest BCUT2D eigenvalue weighted by Crippen LogP contribution is 2.28. The van der Waals surface area contributed by atoms with Crippen LogP contribution in [0.3, 0.4) is 0 Å². The normalized spacial score (nSPS) is 10.3. The van der Waals surface area contributed by atoms with E-state index in [0.717, 1.165) is 11.8 Å². The van der Waals surface area contributed by atoms with Gasteiger partial charge in [0.15, 0.2) is 0 Å². The standard InChI is InChI=1S/C8H7ClN6O2S/c1-17-6(16)3-15-8(12-13-14-15)18-7-5(9)2-10-4-11-7/h2,4H,3H2,1H3. The molecule has 0 spiro atoms. The quantitative estimate of drug-likeness (QED) is 0.590. The van der Waals surface area contributed by atoms with Gasteiger partial charge in [-0.1, -0.05) is 11.6 Å². The van der Waals surface area contributed by atoms with Crippen LogP contribution in [-0.4, -0.2) is 43.3 Å². The Labute approximate surface area is 111 Å². The Morgan fingerprint density at radius 2 is 2.44 bits per heavy atom. The molecular weight excluding hydrogens is 280 g/mol. The van der Waals surface area contributed by atoms with Crippen LogP contribution >= 0.6 is 23.4 Å². The van der Waals surface area contributed by atoms with Gasteiger partial charge in [-0.05, 0) is 22.2 Å². The SMILES string of the molecule is COC(=O)Cn1nnnc1Sc1ncncc1Cl. The highest BCUT2D eigenvalue weighted by Gasteiger charge is 2.14. The number of halogens is 1. The van der Waals surface area contributed by atoms with Crippen molar-refractivity contribution in [1.82, 2.24) is 30.2 Å². The van der Waals surface area contributed by atoms with Gasteiger partial charge in [0, 0.05) is 0 Å². The molecular formula is C8H7ClN6O2S. The van der Waals surface area contributed by atoms with Crippen molar-refractivity contribution in [2.75, 3.05) is 7.11 Å². The molecule has 0 aliphatic carbocycles. The molecule has 0 aromatic carbocycles. The van der Waals surface area contributed by atoms with Crippen LogP contribution in [0.5, 0.6) is 0 Å². The summed E-state index contributed by atoms with van der Waals surface area (Å²) in [4.78, 5) is 18.9. The molecule has 18 heavy (non-hydrogen) atoms. The highest BCUT2D eigenvalue weighted by molar-refractivity contribution is 7.99. The lowest BCUT2D eigenvalue weighted by atomic mass is 10.7. The summed E-state index contributed by atoms with van der Waals surface area (Å²) in [5.41, 5.74) is 0. The summed E-state index contributed by atoms with van der Waals surface area (Å²) in [5, 5.41) is 12.2. The molecule has 0 saturated heterocycles. The smallest absolute Gasteiger partial charge is 0.327 e. The molecule has 0 aliphatic rings. The lowest BCUT2D eigenvalue weighted by Crippen LogP contribution is -2.13. The maximum absolute atomic E-state index is 11.2. The zero-order valence-corrected chi connectivity index (χ0v) is 10.7. The lowest BCUT2D eigenvalue weighted by Gasteiger charge is -2.03. The summed E-state index contributed by atoms with van der Waals surface area (Å²) < 4.78 is 5.84. The van der Waals surface area contributed by atoms with Gasteiger partial charge in [0.05, 0.1) is 18.3 Å². The van der Waals surface area contributed by atoms with Gasteiger partial charge < -0.3 is 4.74 Å². The molecule has 2 heterocycles. The zero-order chi connectivity index (χ0) is 13.0. The number of hydrogen-bond acceptors (Lipinski definition) is 8. The van der Waals surface area contributed by atoms with Gasteiger partial charge in [-0.25, -0.2) is 14.6 Å². The monoisotopic (exact) mass is 286 g/mol. The summed E-state index contributed by atoms with van der Waals surface area (Å²) in [6.07, 6.45) is 2.83. The van der Waals surface area contributed by atoms with E-state index in [1.165, 1.54) is 24.3 Å². The molecule has 10 heteroatoms. The average Bonchev–Trinajstić information content (AvgIpc) is 2.79. The molecule has 0 atom stereocenters. The fourth-order valence-electron chi connectivity index (χ4n) is 1.02. The van der Waals surface area contributed by atoms with Crippen molar-refractivity contribution in [2.45, 2.75) is 16.7 Å². The number of esters is 1. The summed E-state index contributed by atoms with van der Waals surface area (Å²) >= 11 is 7.05. The van der Waals surface area contributed by atoms with Crippen molar-refractivity contribution in [2.24, 2.45) is 0 Å². The number of hydrogen-bond donors (Lipinski definition) is 0. The van der Waals surface area contributed by atoms with E-state index in [9.17, 15) is 4.79 Å². The Morgan fingerprint density at radius 3 is 3.17 bits per heavy atom. The highest BCUT2D eigenvalue weighted by atomic mass is 35.5. The lowest BCUT2D eigenvalue weighted by molar-refractivity contribution is -0.141. The summed E-state index contributed by atoms with van der Waals surface area (Å²) in [7, 11) is 1.29. The molecule has 2 aromatic heterocycles. The number of ether oxygens (including phenoxy) is 1. The van der Waals surface area contributed by atoms with Gasteiger partial charge in [0.25, 0.3) is 0 Å². The first kappa shape index (κ1) is 12.7. The molecule has 0 fully saturated rings. The van der Waals surface area contributed by atoms with Crippen LogP contribution in [0, 0.1) is 0 Å². The molecule has 0 aliphatic heterocycles. The van der Waals surface area contributed by atoms with Crippen molar-refractivity contribution in [3.05, 3.63) is 17.5 Å². The Balaban J connectivity index is 2.18. The van der Waals surface area contributed by atoms with E-state index in [0.29, 0.717) is 15.2 Å². The number of carbonyl (C=O) groups is 1. The minimum Gasteiger partial charge on any atom is -0.468 e. The summed E-state index contributed by atoms with van der Waals surface area (Å²) in [6.45, 7) is -0.0749. The Bertz CT molecular complexity index is 562.